The second kappa shape index (κ2) is 8.82. The standard InChI is InChI=1S/C13H23N3O3S.ClH/c1-19-9-13(2-4-14-5-3-13)8-15-11(17)6-16-10-20-7-12(16)18;/h14H,2-10H2,1H3,(H,15,17);1H. The zero-order valence-corrected chi connectivity index (χ0v) is 14.0. The van der Waals surface area contributed by atoms with Crippen molar-refractivity contribution in [2.24, 2.45) is 5.41 Å². The summed E-state index contributed by atoms with van der Waals surface area (Å²) < 4.78 is 5.32. The number of halogens is 1. The summed E-state index contributed by atoms with van der Waals surface area (Å²) in [5, 5.41) is 6.30. The summed E-state index contributed by atoms with van der Waals surface area (Å²) >= 11 is 1.55. The van der Waals surface area contributed by atoms with E-state index in [1.54, 1.807) is 23.8 Å². The lowest BCUT2D eigenvalue weighted by Gasteiger charge is -2.37. The summed E-state index contributed by atoms with van der Waals surface area (Å²) in [5.74, 6) is 1.10. The number of carbonyl (C=O) groups excluding carboxylic acids is 2. The molecule has 0 atom stereocenters. The monoisotopic (exact) mass is 337 g/mol. The number of thioether (sulfide) groups is 1. The van der Waals surface area contributed by atoms with Gasteiger partial charge in [0.1, 0.15) is 6.54 Å². The van der Waals surface area contributed by atoms with Gasteiger partial charge >= 0.3 is 0 Å². The Morgan fingerprint density at radius 2 is 2.19 bits per heavy atom. The highest BCUT2D eigenvalue weighted by Gasteiger charge is 2.33. The van der Waals surface area contributed by atoms with Crippen molar-refractivity contribution in [1.82, 2.24) is 15.5 Å². The second-order valence-corrected chi connectivity index (χ2v) is 6.48. The van der Waals surface area contributed by atoms with Crippen LogP contribution in [-0.2, 0) is 14.3 Å². The van der Waals surface area contributed by atoms with Gasteiger partial charge in [0, 0.05) is 19.1 Å². The number of amides is 2. The molecule has 2 amide bonds. The molecule has 2 N–H and O–H groups in total. The van der Waals surface area contributed by atoms with Crippen LogP contribution in [0.15, 0.2) is 0 Å². The van der Waals surface area contributed by atoms with Crippen LogP contribution in [0, 0.1) is 5.41 Å². The summed E-state index contributed by atoms with van der Waals surface area (Å²) in [4.78, 5) is 25.0. The Labute approximate surface area is 136 Å². The van der Waals surface area contributed by atoms with Gasteiger partial charge in [0.25, 0.3) is 0 Å². The van der Waals surface area contributed by atoms with E-state index in [4.69, 9.17) is 4.74 Å². The van der Waals surface area contributed by atoms with Gasteiger partial charge < -0.3 is 20.3 Å². The van der Waals surface area contributed by atoms with Crippen molar-refractivity contribution < 1.29 is 14.3 Å². The average molecular weight is 338 g/mol. The highest BCUT2D eigenvalue weighted by atomic mass is 35.5. The lowest BCUT2D eigenvalue weighted by Crippen LogP contribution is -2.49. The molecule has 0 aromatic carbocycles. The first-order valence-electron chi connectivity index (χ1n) is 6.97. The molecule has 2 saturated heterocycles. The minimum Gasteiger partial charge on any atom is -0.384 e. The zero-order chi connectivity index (χ0) is 14.4. The molecule has 0 unspecified atom stereocenters. The molecule has 2 aliphatic heterocycles. The van der Waals surface area contributed by atoms with Crippen LogP contribution in [0.1, 0.15) is 12.8 Å². The molecule has 0 spiro atoms. The van der Waals surface area contributed by atoms with E-state index in [9.17, 15) is 9.59 Å². The molecule has 0 aliphatic carbocycles. The van der Waals surface area contributed by atoms with Crippen LogP contribution in [0.3, 0.4) is 0 Å². The maximum absolute atomic E-state index is 12.0. The molecule has 0 bridgehead atoms. The lowest BCUT2D eigenvalue weighted by atomic mass is 9.79. The van der Waals surface area contributed by atoms with Crippen molar-refractivity contribution in [2.45, 2.75) is 12.8 Å². The van der Waals surface area contributed by atoms with Gasteiger partial charge in [-0.15, -0.1) is 24.2 Å². The van der Waals surface area contributed by atoms with Crippen molar-refractivity contribution in [2.75, 3.05) is 51.5 Å². The van der Waals surface area contributed by atoms with Crippen molar-refractivity contribution in [3.8, 4) is 0 Å². The Morgan fingerprint density at radius 1 is 1.48 bits per heavy atom. The molecular formula is C13H24ClN3O3S. The fourth-order valence-corrected chi connectivity index (χ4v) is 3.60. The second-order valence-electron chi connectivity index (χ2n) is 5.53. The van der Waals surface area contributed by atoms with Crippen LogP contribution in [-0.4, -0.2) is 68.2 Å². The molecule has 122 valence electrons. The molecule has 0 aromatic heterocycles. The van der Waals surface area contributed by atoms with Crippen molar-refractivity contribution in [3.63, 3.8) is 0 Å². The number of carbonyl (C=O) groups is 2. The molecule has 0 aromatic rings. The first-order valence-corrected chi connectivity index (χ1v) is 8.13. The molecule has 2 heterocycles. The number of ether oxygens (including phenoxy) is 1. The third-order valence-electron chi connectivity index (χ3n) is 3.94. The van der Waals surface area contributed by atoms with E-state index in [2.05, 4.69) is 10.6 Å². The van der Waals surface area contributed by atoms with Crippen LogP contribution in [0.25, 0.3) is 0 Å². The van der Waals surface area contributed by atoms with E-state index in [0.717, 1.165) is 25.9 Å². The first-order chi connectivity index (χ1) is 9.65. The van der Waals surface area contributed by atoms with Gasteiger partial charge in [-0.25, -0.2) is 0 Å². The molecule has 8 heteroatoms. The number of nitrogens with zero attached hydrogens (tertiary/aromatic N) is 1. The summed E-state index contributed by atoms with van der Waals surface area (Å²) in [6.07, 6.45) is 2.00. The molecular weight excluding hydrogens is 314 g/mol. The van der Waals surface area contributed by atoms with Gasteiger partial charge in [0.05, 0.1) is 18.2 Å². The third kappa shape index (κ3) is 5.32. The summed E-state index contributed by atoms with van der Waals surface area (Å²) in [7, 11) is 1.70. The van der Waals surface area contributed by atoms with Crippen LogP contribution in [0.2, 0.25) is 0 Å². The smallest absolute Gasteiger partial charge is 0.239 e. The number of hydrogen-bond donors (Lipinski definition) is 2. The normalized spacial score (nSPS) is 21.0. The van der Waals surface area contributed by atoms with Gasteiger partial charge in [0.2, 0.25) is 11.8 Å². The summed E-state index contributed by atoms with van der Waals surface area (Å²) in [6, 6.07) is 0. The van der Waals surface area contributed by atoms with Gasteiger partial charge in [-0.3, -0.25) is 9.59 Å². The Balaban J connectivity index is 0.00000220. The van der Waals surface area contributed by atoms with Gasteiger partial charge in [-0.1, -0.05) is 0 Å². The quantitative estimate of drug-likeness (QED) is 0.718. The Bertz CT molecular complexity index is 359. The number of piperidine rings is 1. The topological polar surface area (TPSA) is 70.7 Å². The molecule has 0 saturated carbocycles. The molecule has 6 nitrogen and oxygen atoms in total. The molecule has 0 radical (unpaired) electrons. The van der Waals surface area contributed by atoms with E-state index in [1.807, 2.05) is 0 Å². The number of methoxy groups -OCH3 is 1. The van der Waals surface area contributed by atoms with E-state index < -0.39 is 0 Å². The Hall–Kier alpha value is -0.500. The van der Waals surface area contributed by atoms with Crippen LogP contribution in [0.4, 0.5) is 0 Å². The fourth-order valence-electron chi connectivity index (χ4n) is 2.69. The van der Waals surface area contributed by atoms with Crippen molar-refractivity contribution in [3.05, 3.63) is 0 Å². The number of nitrogens with one attached hydrogen (secondary N) is 2. The van der Waals surface area contributed by atoms with Gasteiger partial charge in [-0.2, -0.15) is 0 Å². The Kier molecular flexibility index (Phi) is 7.79. The Morgan fingerprint density at radius 3 is 2.76 bits per heavy atom. The lowest BCUT2D eigenvalue weighted by molar-refractivity contribution is -0.132. The van der Waals surface area contributed by atoms with E-state index in [-0.39, 0.29) is 36.2 Å². The van der Waals surface area contributed by atoms with E-state index >= 15 is 0 Å². The highest BCUT2D eigenvalue weighted by molar-refractivity contribution is 8.00. The predicted molar refractivity (Wildman–Crippen MR) is 85.7 cm³/mol. The van der Waals surface area contributed by atoms with Gasteiger partial charge in [-0.05, 0) is 25.9 Å². The predicted octanol–water partition coefficient (Wildman–Crippen LogP) is 0.0735. The van der Waals surface area contributed by atoms with Crippen LogP contribution in [0.5, 0.6) is 0 Å². The third-order valence-corrected chi connectivity index (χ3v) is 4.88. The molecule has 21 heavy (non-hydrogen) atoms. The first kappa shape index (κ1) is 18.5. The van der Waals surface area contributed by atoms with E-state index in [0.29, 0.717) is 24.8 Å². The minimum atomic E-state index is -0.0742. The van der Waals surface area contributed by atoms with Crippen molar-refractivity contribution in [1.29, 1.82) is 0 Å². The molecule has 2 aliphatic rings. The number of hydrogen-bond acceptors (Lipinski definition) is 5. The highest BCUT2D eigenvalue weighted by Crippen LogP contribution is 2.28. The minimum absolute atomic E-state index is 0. The maximum atomic E-state index is 12.0. The summed E-state index contributed by atoms with van der Waals surface area (Å²) in [5.41, 5.74) is 0.0272. The molecule has 2 fully saturated rings. The SMILES string of the molecule is COCC1(CNC(=O)CN2CSCC2=O)CCNCC1.Cl. The molecule has 2 rings (SSSR count). The van der Waals surface area contributed by atoms with Gasteiger partial charge in [0.15, 0.2) is 0 Å². The average Bonchev–Trinajstić information content (AvgIpc) is 2.84. The van der Waals surface area contributed by atoms with E-state index in [1.165, 1.54) is 0 Å². The maximum Gasteiger partial charge on any atom is 0.239 e. The van der Waals surface area contributed by atoms with Crippen LogP contribution >= 0.6 is 24.2 Å². The van der Waals surface area contributed by atoms with Crippen LogP contribution < -0.4 is 10.6 Å². The zero-order valence-electron chi connectivity index (χ0n) is 12.4. The summed E-state index contributed by atoms with van der Waals surface area (Å²) in [6.45, 7) is 3.37. The number of rotatable bonds is 6. The van der Waals surface area contributed by atoms with Crippen molar-refractivity contribution >= 4 is 36.0 Å². The fraction of sp³-hybridized carbons (Fsp3) is 0.846. The largest absolute Gasteiger partial charge is 0.384 e.